The van der Waals surface area contributed by atoms with Crippen LogP contribution in [0.25, 0.3) is 0 Å². The highest BCUT2D eigenvalue weighted by Gasteiger charge is 2.21. The van der Waals surface area contributed by atoms with Crippen molar-refractivity contribution in [3.05, 3.63) is 53.6 Å². The van der Waals surface area contributed by atoms with Crippen molar-refractivity contribution in [2.45, 2.75) is 33.2 Å². The van der Waals surface area contributed by atoms with Gasteiger partial charge < -0.3 is 20.1 Å². The second-order valence-corrected chi connectivity index (χ2v) is 7.25. The van der Waals surface area contributed by atoms with Crippen molar-refractivity contribution < 1.29 is 19.1 Å². The number of rotatable bonds is 6. The molecule has 0 bridgehead atoms. The van der Waals surface area contributed by atoms with Crippen LogP contribution in [0.2, 0.25) is 0 Å². The summed E-state index contributed by atoms with van der Waals surface area (Å²) in [5.41, 5.74) is 2.60. The third kappa shape index (κ3) is 5.03. The van der Waals surface area contributed by atoms with Gasteiger partial charge in [0.05, 0.1) is 12.5 Å². The lowest BCUT2D eigenvalue weighted by Crippen LogP contribution is -2.33. The van der Waals surface area contributed by atoms with E-state index in [0.29, 0.717) is 18.9 Å². The Morgan fingerprint density at radius 2 is 1.68 bits per heavy atom. The largest absolute Gasteiger partial charge is 0.486 e. The smallest absolute Gasteiger partial charge is 0.224 e. The van der Waals surface area contributed by atoms with Crippen molar-refractivity contribution in [2.24, 2.45) is 5.92 Å². The minimum atomic E-state index is -0.123. The Hall–Kier alpha value is -3.02. The quantitative estimate of drug-likeness (QED) is 0.802. The summed E-state index contributed by atoms with van der Waals surface area (Å²) < 4.78 is 11.2. The molecule has 0 saturated carbocycles. The number of fused-ring (bicyclic) bond motifs is 1. The highest BCUT2D eigenvalue weighted by atomic mass is 16.6. The van der Waals surface area contributed by atoms with Crippen LogP contribution in [0.15, 0.2) is 42.5 Å². The topological polar surface area (TPSA) is 76.7 Å². The zero-order chi connectivity index (χ0) is 20.1. The molecule has 1 heterocycles. The van der Waals surface area contributed by atoms with Gasteiger partial charge in [-0.05, 0) is 41.3 Å². The molecule has 0 aromatic heterocycles. The van der Waals surface area contributed by atoms with Crippen molar-refractivity contribution in [3.63, 3.8) is 0 Å². The van der Waals surface area contributed by atoms with E-state index >= 15 is 0 Å². The van der Waals surface area contributed by atoms with Gasteiger partial charge in [-0.25, -0.2) is 0 Å². The number of nitrogens with one attached hydrogen (secondary N) is 2. The van der Waals surface area contributed by atoms with E-state index in [-0.39, 0.29) is 30.2 Å². The van der Waals surface area contributed by atoms with Gasteiger partial charge in [-0.2, -0.15) is 0 Å². The number of hydrogen-bond donors (Lipinski definition) is 2. The van der Waals surface area contributed by atoms with Crippen LogP contribution in [0.1, 0.15) is 37.9 Å². The number of carbonyl (C=O) groups is 2. The van der Waals surface area contributed by atoms with Crippen LogP contribution >= 0.6 is 0 Å². The number of anilines is 1. The van der Waals surface area contributed by atoms with E-state index < -0.39 is 0 Å². The fourth-order valence-electron chi connectivity index (χ4n) is 3.21. The molecule has 1 aliphatic rings. The fraction of sp³-hybridized carbons (Fsp3) is 0.364. The Morgan fingerprint density at radius 1 is 1.00 bits per heavy atom. The van der Waals surface area contributed by atoms with Crippen LogP contribution in [0.4, 0.5) is 5.69 Å². The normalized spacial score (nSPS) is 13.7. The van der Waals surface area contributed by atoms with Gasteiger partial charge in [-0.3, -0.25) is 9.59 Å². The van der Waals surface area contributed by atoms with E-state index in [1.165, 1.54) is 6.92 Å². The molecule has 0 spiro atoms. The van der Waals surface area contributed by atoms with Crippen molar-refractivity contribution in [1.29, 1.82) is 0 Å². The second-order valence-electron chi connectivity index (χ2n) is 7.25. The lowest BCUT2D eigenvalue weighted by molar-refractivity contribution is -0.121. The molecule has 0 aliphatic carbocycles. The van der Waals surface area contributed by atoms with Crippen molar-refractivity contribution in [1.82, 2.24) is 5.32 Å². The Balaban J connectivity index is 1.67. The zero-order valence-corrected chi connectivity index (χ0v) is 16.5. The van der Waals surface area contributed by atoms with Crippen molar-refractivity contribution >= 4 is 17.5 Å². The van der Waals surface area contributed by atoms with Gasteiger partial charge in [0.25, 0.3) is 0 Å². The second kappa shape index (κ2) is 8.78. The van der Waals surface area contributed by atoms with Gasteiger partial charge in [-0.15, -0.1) is 0 Å². The molecule has 2 aromatic carbocycles. The number of carbonyl (C=O) groups excluding carboxylic acids is 2. The molecule has 6 nitrogen and oxygen atoms in total. The molecule has 0 radical (unpaired) electrons. The molecule has 6 heteroatoms. The summed E-state index contributed by atoms with van der Waals surface area (Å²) in [6.07, 6.45) is 0.272. The van der Waals surface area contributed by atoms with Crippen molar-refractivity contribution in [3.8, 4) is 11.5 Å². The molecule has 2 amide bonds. The average Bonchev–Trinajstić information content (AvgIpc) is 2.66. The summed E-state index contributed by atoms with van der Waals surface area (Å²) in [4.78, 5) is 23.7. The minimum absolute atomic E-state index is 0.0548. The first kappa shape index (κ1) is 19.7. The van der Waals surface area contributed by atoms with Crippen LogP contribution in [-0.2, 0) is 16.0 Å². The maximum absolute atomic E-state index is 12.6. The van der Waals surface area contributed by atoms with Gasteiger partial charge in [-0.1, -0.05) is 32.0 Å². The zero-order valence-electron chi connectivity index (χ0n) is 16.5. The maximum Gasteiger partial charge on any atom is 0.224 e. The summed E-state index contributed by atoms with van der Waals surface area (Å²) in [6.45, 7) is 6.69. The Kier molecular flexibility index (Phi) is 6.19. The van der Waals surface area contributed by atoms with E-state index in [1.54, 1.807) is 12.1 Å². The summed E-state index contributed by atoms with van der Waals surface area (Å²) >= 11 is 0. The van der Waals surface area contributed by atoms with Gasteiger partial charge in [0.15, 0.2) is 11.5 Å². The van der Waals surface area contributed by atoms with Crippen LogP contribution in [0, 0.1) is 5.92 Å². The van der Waals surface area contributed by atoms with Gasteiger partial charge >= 0.3 is 0 Å². The molecule has 1 atom stereocenters. The SMILES string of the molecule is CC(=O)Nc1ccc(CC(=O)N[C@H](c2ccc3c(c2)OCCO3)C(C)C)cc1. The third-order valence-electron chi connectivity index (χ3n) is 4.55. The Labute approximate surface area is 165 Å². The lowest BCUT2D eigenvalue weighted by Gasteiger charge is -2.25. The molecule has 2 N–H and O–H groups in total. The van der Waals surface area contributed by atoms with Crippen LogP contribution in [0.5, 0.6) is 11.5 Å². The first-order valence-corrected chi connectivity index (χ1v) is 9.48. The first-order valence-electron chi connectivity index (χ1n) is 9.48. The van der Waals surface area contributed by atoms with Gasteiger partial charge in [0.1, 0.15) is 13.2 Å². The number of ether oxygens (including phenoxy) is 2. The molecule has 28 heavy (non-hydrogen) atoms. The molecule has 2 aromatic rings. The predicted molar refractivity (Wildman–Crippen MR) is 108 cm³/mol. The summed E-state index contributed by atoms with van der Waals surface area (Å²) in [6, 6.07) is 13.0. The molecular formula is C22H26N2O4. The van der Waals surface area contributed by atoms with E-state index in [1.807, 2.05) is 30.3 Å². The van der Waals surface area contributed by atoms with E-state index in [9.17, 15) is 9.59 Å². The monoisotopic (exact) mass is 382 g/mol. The molecule has 148 valence electrons. The Bertz CT molecular complexity index is 846. The molecule has 1 aliphatic heterocycles. The van der Waals surface area contributed by atoms with Crippen LogP contribution in [0.3, 0.4) is 0 Å². The minimum Gasteiger partial charge on any atom is -0.486 e. The number of benzene rings is 2. The van der Waals surface area contributed by atoms with Crippen LogP contribution in [-0.4, -0.2) is 25.0 Å². The molecule has 0 saturated heterocycles. The van der Waals surface area contributed by atoms with E-state index in [4.69, 9.17) is 9.47 Å². The van der Waals surface area contributed by atoms with Crippen molar-refractivity contribution in [2.75, 3.05) is 18.5 Å². The lowest BCUT2D eigenvalue weighted by atomic mass is 9.95. The Morgan fingerprint density at radius 3 is 2.32 bits per heavy atom. The molecular weight excluding hydrogens is 356 g/mol. The fourth-order valence-corrected chi connectivity index (χ4v) is 3.21. The maximum atomic E-state index is 12.6. The number of amides is 2. The highest BCUT2D eigenvalue weighted by molar-refractivity contribution is 5.88. The first-order chi connectivity index (χ1) is 13.4. The summed E-state index contributed by atoms with van der Waals surface area (Å²) in [5, 5.41) is 5.85. The van der Waals surface area contributed by atoms with E-state index in [0.717, 1.165) is 22.6 Å². The highest BCUT2D eigenvalue weighted by Crippen LogP contribution is 2.34. The van der Waals surface area contributed by atoms with Gasteiger partial charge in [0.2, 0.25) is 11.8 Å². The van der Waals surface area contributed by atoms with Crippen LogP contribution < -0.4 is 20.1 Å². The average molecular weight is 382 g/mol. The standard InChI is InChI=1S/C22H26N2O4/c1-14(2)22(17-6-9-19-20(13-17)28-11-10-27-19)24-21(26)12-16-4-7-18(8-5-16)23-15(3)25/h4-9,13-14,22H,10-12H2,1-3H3,(H,23,25)(H,24,26)/t22-/m0/s1. The van der Waals surface area contributed by atoms with Gasteiger partial charge in [0, 0.05) is 12.6 Å². The predicted octanol–water partition coefficient (Wildman–Crippen LogP) is 3.47. The summed E-state index contributed by atoms with van der Waals surface area (Å²) in [5.74, 6) is 1.50. The van der Waals surface area contributed by atoms with E-state index in [2.05, 4.69) is 24.5 Å². The molecule has 0 unspecified atom stereocenters. The number of hydrogen-bond acceptors (Lipinski definition) is 4. The third-order valence-corrected chi connectivity index (χ3v) is 4.55. The molecule has 0 fully saturated rings. The molecule has 3 rings (SSSR count). The summed E-state index contributed by atoms with van der Waals surface area (Å²) in [7, 11) is 0.